The van der Waals surface area contributed by atoms with E-state index in [0.717, 1.165) is 10.5 Å². The number of carbonyl (C=O) groups is 1. The highest BCUT2D eigenvalue weighted by atomic mass is 35.5. The van der Waals surface area contributed by atoms with Crippen molar-refractivity contribution in [1.29, 1.82) is 0 Å². The van der Waals surface area contributed by atoms with Crippen molar-refractivity contribution in [3.63, 3.8) is 0 Å². The van der Waals surface area contributed by atoms with Gasteiger partial charge in [-0.15, -0.1) is 18.2 Å². The number of terminal acetylenes is 1. The van der Waals surface area contributed by atoms with Gasteiger partial charge in [0.25, 0.3) is 0 Å². The summed E-state index contributed by atoms with van der Waals surface area (Å²) in [7, 11) is 1.58. The smallest absolute Gasteiger partial charge is 0.250 e. The van der Waals surface area contributed by atoms with Crippen molar-refractivity contribution in [2.75, 3.05) is 32.6 Å². The van der Waals surface area contributed by atoms with Gasteiger partial charge in [0.1, 0.15) is 12.7 Å². The Morgan fingerprint density at radius 3 is 2.67 bits per heavy atom. The summed E-state index contributed by atoms with van der Waals surface area (Å²) in [6, 6.07) is 13.1. The Morgan fingerprint density at radius 1 is 1.23 bits per heavy atom. The van der Waals surface area contributed by atoms with E-state index in [1.165, 1.54) is 0 Å². The zero-order chi connectivity index (χ0) is 21.8. The molecule has 160 valence electrons. The Morgan fingerprint density at radius 2 is 2.00 bits per heavy atom. The molecule has 5 nitrogen and oxygen atoms in total. The molecule has 0 radical (unpaired) electrons. The number of rotatable bonds is 12. The molecular weight excluding hydrogens is 422 g/mol. The number of carbonyl (C=O) groups excluding carboxylic acids is 1. The van der Waals surface area contributed by atoms with Crippen LogP contribution in [-0.4, -0.2) is 44.6 Å². The molecule has 0 aliphatic carbocycles. The summed E-state index contributed by atoms with van der Waals surface area (Å²) in [6.45, 7) is 3.01. The number of ether oxygens (including phenoxy) is 3. The van der Waals surface area contributed by atoms with Crippen molar-refractivity contribution >= 4 is 29.3 Å². The first-order valence-electron chi connectivity index (χ1n) is 9.58. The molecule has 2 rings (SSSR count). The Labute approximate surface area is 187 Å². The first-order valence-corrected chi connectivity index (χ1v) is 10.9. The molecule has 7 heteroatoms. The average molecular weight is 448 g/mol. The maximum absolute atomic E-state index is 12.6. The largest absolute Gasteiger partial charge is 0.493 e. The standard InChI is InChI=1S/C23H26ClNO4S/c1-4-14-29-20-11-6-17(15-21(20)27-3)12-13-25-23(26)22(28-5-2)16-30-19-9-7-18(24)8-10-19/h1,6-11,15,22H,5,12-14,16H2,2-3H3,(H,25,26)/t22-/m0/s1. The van der Waals surface area contributed by atoms with E-state index in [9.17, 15) is 4.79 Å². The van der Waals surface area contributed by atoms with Crippen LogP contribution >= 0.6 is 23.4 Å². The lowest BCUT2D eigenvalue weighted by Crippen LogP contribution is -2.39. The van der Waals surface area contributed by atoms with Crippen LogP contribution in [-0.2, 0) is 16.0 Å². The third kappa shape index (κ3) is 7.83. The minimum Gasteiger partial charge on any atom is -0.493 e. The third-order valence-electron chi connectivity index (χ3n) is 4.13. The van der Waals surface area contributed by atoms with Gasteiger partial charge in [0, 0.05) is 28.8 Å². The van der Waals surface area contributed by atoms with Crippen molar-refractivity contribution in [3.8, 4) is 23.8 Å². The molecule has 1 N–H and O–H groups in total. The molecule has 2 aromatic rings. The predicted octanol–water partition coefficient (Wildman–Crippen LogP) is 4.22. The van der Waals surface area contributed by atoms with E-state index in [4.69, 9.17) is 32.2 Å². The number of hydrogen-bond acceptors (Lipinski definition) is 5. The van der Waals surface area contributed by atoms with Crippen molar-refractivity contribution in [2.45, 2.75) is 24.3 Å². The fourth-order valence-corrected chi connectivity index (χ4v) is 3.70. The highest BCUT2D eigenvalue weighted by molar-refractivity contribution is 7.99. The van der Waals surface area contributed by atoms with Crippen LogP contribution in [0.2, 0.25) is 5.02 Å². The number of thioether (sulfide) groups is 1. The van der Waals surface area contributed by atoms with E-state index in [0.29, 0.717) is 41.8 Å². The summed E-state index contributed by atoms with van der Waals surface area (Å²) in [5.41, 5.74) is 1.02. The number of halogens is 1. The van der Waals surface area contributed by atoms with Crippen LogP contribution in [0.3, 0.4) is 0 Å². The van der Waals surface area contributed by atoms with E-state index in [1.54, 1.807) is 18.9 Å². The first-order chi connectivity index (χ1) is 14.6. The fourth-order valence-electron chi connectivity index (χ4n) is 2.65. The van der Waals surface area contributed by atoms with E-state index in [-0.39, 0.29) is 12.5 Å². The van der Waals surface area contributed by atoms with Crippen LogP contribution in [0, 0.1) is 12.3 Å². The monoisotopic (exact) mass is 447 g/mol. The van der Waals surface area contributed by atoms with Gasteiger partial charge in [-0.1, -0.05) is 23.6 Å². The van der Waals surface area contributed by atoms with Gasteiger partial charge in [0.05, 0.1) is 7.11 Å². The van der Waals surface area contributed by atoms with Crippen LogP contribution < -0.4 is 14.8 Å². The normalized spacial score (nSPS) is 11.4. The minimum atomic E-state index is -0.523. The second kappa shape index (κ2) is 13.1. The summed E-state index contributed by atoms with van der Waals surface area (Å²) < 4.78 is 16.4. The van der Waals surface area contributed by atoms with Crippen LogP contribution in [0.5, 0.6) is 11.5 Å². The number of hydrogen-bond donors (Lipinski definition) is 1. The molecular formula is C23H26ClNO4S. The number of benzene rings is 2. The average Bonchev–Trinajstić information content (AvgIpc) is 2.76. The topological polar surface area (TPSA) is 56.8 Å². The predicted molar refractivity (Wildman–Crippen MR) is 122 cm³/mol. The SMILES string of the molecule is C#CCOc1ccc(CCNC(=O)[C@H](CSc2ccc(Cl)cc2)OCC)cc1OC. The van der Waals surface area contributed by atoms with E-state index in [2.05, 4.69) is 11.2 Å². The van der Waals surface area contributed by atoms with Gasteiger partial charge in [-0.2, -0.15) is 0 Å². The molecule has 0 heterocycles. The number of amides is 1. The third-order valence-corrected chi connectivity index (χ3v) is 5.45. The van der Waals surface area contributed by atoms with Gasteiger partial charge in [0.15, 0.2) is 11.5 Å². The number of nitrogens with one attached hydrogen (secondary N) is 1. The van der Waals surface area contributed by atoms with E-state index in [1.807, 2.05) is 49.4 Å². The molecule has 0 unspecified atom stereocenters. The molecule has 0 fully saturated rings. The van der Waals surface area contributed by atoms with Gasteiger partial charge < -0.3 is 19.5 Å². The van der Waals surface area contributed by atoms with Gasteiger partial charge >= 0.3 is 0 Å². The molecule has 0 saturated heterocycles. The second-order valence-corrected chi connectivity index (χ2v) is 7.76. The molecule has 0 aromatic heterocycles. The maximum atomic E-state index is 12.6. The van der Waals surface area contributed by atoms with Crippen molar-refractivity contribution in [2.24, 2.45) is 0 Å². The molecule has 0 bridgehead atoms. The lowest BCUT2D eigenvalue weighted by Gasteiger charge is -2.17. The first kappa shape index (κ1) is 23.9. The van der Waals surface area contributed by atoms with Crippen molar-refractivity contribution < 1.29 is 19.0 Å². The lowest BCUT2D eigenvalue weighted by atomic mass is 10.1. The highest BCUT2D eigenvalue weighted by Crippen LogP contribution is 2.28. The van der Waals surface area contributed by atoms with E-state index >= 15 is 0 Å². The molecule has 0 aliphatic heterocycles. The van der Waals surface area contributed by atoms with Crippen molar-refractivity contribution in [1.82, 2.24) is 5.32 Å². The highest BCUT2D eigenvalue weighted by Gasteiger charge is 2.18. The summed E-state index contributed by atoms with van der Waals surface area (Å²) >= 11 is 7.47. The second-order valence-electron chi connectivity index (χ2n) is 6.23. The summed E-state index contributed by atoms with van der Waals surface area (Å²) in [5.74, 6) is 4.03. The Balaban J connectivity index is 1.86. The molecule has 0 spiro atoms. The minimum absolute atomic E-state index is 0.126. The van der Waals surface area contributed by atoms with Gasteiger partial charge in [-0.05, 0) is 55.3 Å². The molecule has 1 amide bonds. The Hall–Kier alpha value is -2.33. The van der Waals surface area contributed by atoms with E-state index < -0.39 is 6.10 Å². The molecule has 1 atom stereocenters. The van der Waals surface area contributed by atoms with Crippen LogP contribution in [0.15, 0.2) is 47.4 Å². The lowest BCUT2D eigenvalue weighted by molar-refractivity contribution is -0.131. The molecule has 30 heavy (non-hydrogen) atoms. The van der Waals surface area contributed by atoms with Crippen molar-refractivity contribution in [3.05, 3.63) is 53.1 Å². The molecule has 0 saturated carbocycles. The zero-order valence-corrected chi connectivity index (χ0v) is 18.7. The van der Waals surface area contributed by atoms with Crippen LogP contribution in [0.25, 0.3) is 0 Å². The van der Waals surface area contributed by atoms with Gasteiger partial charge in [-0.25, -0.2) is 0 Å². The Bertz CT molecular complexity index is 851. The molecule has 2 aromatic carbocycles. The summed E-state index contributed by atoms with van der Waals surface area (Å²) in [4.78, 5) is 13.6. The fraction of sp³-hybridized carbons (Fsp3) is 0.348. The van der Waals surface area contributed by atoms with Gasteiger partial charge in [-0.3, -0.25) is 4.79 Å². The van der Waals surface area contributed by atoms with Crippen LogP contribution in [0.4, 0.5) is 0 Å². The maximum Gasteiger partial charge on any atom is 0.250 e. The zero-order valence-electron chi connectivity index (χ0n) is 17.2. The summed E-state index contributed by atoms with van der Waals surface area (Å²) in [6.07, 6.45) is 5.36. The number of methoxy groups -OCH3 is 1. The molecule has 0 aliphatic rings. The Kier molecular flexibility index (Phi) is 10.4. The van der Waals surface area contributed by atoms with Gasteiger partial charge in [0.2, 0.25) is 5.91 Å². The quantitative estimate of drug-likeness (QED) is 0.390. The summed E-state index contributed by atoms with van der Waals surface area (Å²) in [5, 5.41) is 3.64. The van der Waals surface area contributed by atoms with Crippen LogP contribution in [0.1, 0.15) is 12.5 Å².